The highest BCUT2D eigenvalue weighted by Crippen LogP contribution is 2.24. The number of piperazine rings is 1. The molecule has 0 bridgehead atoms. The number of fused-ring (bicyclic) bond motifs is 2. The lowest BCUT2D eigenvalue weighted by atomic mass is 9.94. The number of rotatable bonds is 2. The number of benzene rings is 1. The molecule has 0 N–H and O–H groups in total. The van der Waals surface area contributed by atoms with Crippen LogP contribution in [0.2, 0.25) is 0 Å². The molecule has 1 aliphatic carbocycles. The Bertz CT molecular complexity index is 985. The second kappa shape index (κ2) is 8.50. The van der Waals surface area contributed by atoms with Crippen molar-refractivity contribution in [3.05, 3.63) is 39.9 Å². The summed E-state index contributed by atoms with van der Waals surface area (Å²) in [6.07, 6.45) is 10.8. The van der Waals surface area contributed by atoms with E-state index in [0.29, 0.717) is 22.5 Å². The fourth-order valence-electron chi connectivity index (χ4n) is 5.47. The van der Waals surface area contributed by atoms with E-state index in [2.05, 4.69) is 4.90 Å². The number of nitrogens with zero attached hydrogens (tertiary/aromatic N) is 4. The summed E-state index contributed by atoms with van der Waals surface area (Å²) in [5.41, 5.74) is 1.36. The highest BCUT2D eigenvalue weighted by Gasteiger charge is 2.27. The third kappa shape index (κ3) is 3.78. The molecule has 1 amide bonds. The summed E-state index contributed by atoms with van der Waals surface area (Å²) in [6, 6.07) is 6.15. The first-order chi connectivity index (χ1) is 14.7. The van der Waals surface area contributed by atoms with Crippen LogP contribution in [0, 0.1) is 0 Å². The highest BCUT2D eigenvalue weighted by molar-refractivity contribution is 5.97. The Kier molecular flexibility index (Phi) is 5.59. The minimum atomic E-state index is 0.0389. The van der Waals surface area contributed by atoms with Gasteiger partial charge in [-0.2, -0.15) is 0 Å². The van der Waals surface area contributed by atoms with Gasteiger partial charge in [-0.25, -0.2) is 4.98 Å². The van der Waals surface area contributed by atoms with Crippen LogP contribution in [0.15, 0.2) is 23.0 Å². The molecule has 0 spiro atoms. The van der Waals surface area contributed by atoms with E-state index >= 15 is 0 Å². The fraction of sp³-hybridized carbons (Fsp3) is 0.625. The third-order valence-electron chi connectivity index (χ3n) is 7.26. The molecule has 2 aliphatic heterocycles. The van der Waals surface area contributed by atoms with Gasteiger partial charge >= 0.3 is 0 Å². The smallest absolute Gasteiger partial charge is 0.261 e. The second-order valence-corrected chi connectivity index (χ2v) is 9.15. The Labute approximate surface area is 177 Å². The number of aromatic nitrogens is 2. The molecule has 5 rings (SSSR count). The molecule has 0 radical (unpaired) electrons. The predicted molar refractivity (Wildman–Crippen MR) is 118 cm³/mol. The van der Waals surface area contributed by atoms with Gasteiger partial charge in [0.05, 0.1) is 10.9 Å². The van der Waals surface area contributed by atoms with Gasteiger partial charge in [-0.05, 0) is 43.9 Å². The van der Waals surface area contributed by atoms with Crippen LogP contribution in [0.4, 0.5) is 0 Å². The summed E-state index contributed by atoms with van der Waals surface area (Å²) in [4.78, 5) is 35.4. The minimum absolute atomic E-state index is 0.0389. The number of hydrogen-bond donors (Lipinski definition) is 0. The quantitative estimate of drug-likeness (QED) is 0.766. The number of amides is 1. The Morgan fingerprint density at radius 1 is 0.900 bits per heavy atom. The van der Waals surface area contributed by atoms with Crippen LogP contribution in [0.3, 0.4) is 0 Å². The van der Waals surface area contributed by atoms with Crippen LogP contribution in [0.5, 0.6) is 0 Å². The van der Waals surface area contributed by atoms with Gasteiger partial charge in [0.25, 0.3) is 11.5 Å². The van der Waals surface area contributed by atoms with E-state index in [1.807, 2.05) is 21.6 Å². The van der Waals surface area contributed by atoms with Crippen molar-refractivity contribution in [1.82, 2.24) is 19.4 Å². The van der Waals surface area contributed by atoms with Crippen LogP contribution in [-0.4, -0.2) is 57.5 Å². The summed E-state index contributed by atoms with van der Waals surface area (Å²) in [5.74, 6) is 0.938. The maximum atomic E-state index is 13.2. The normalized spacial score (nSPS) is 21.4. The van der Waals surface area contributed by atoms with Gasteiger partial charge < -0.3 is 4.90 Å². The molecule has 160 valence electrons. The minimum Gasteiger partial charge on any atom is -0.336 e. The lowest BCUT2D eigenvalue weighted by Crippen LogP contribution is -2.52. The molecule has 2 aromatic rings. The van der Waals surface area contributed by atoms with Crippen molar-refractivity contribution in [2.24, 2.45) is 0 Å². The monoisotopic (exact) mass is 408 g/mol. The van der Waals surface area contributed by atoms with E-state index in [9.17, 15) is 9.59 Å². The van der Waals surface area contributed by atoms with E-state index in [-0.39, 0.29) is 11.5 Å². The van der Waals surface area contributed by atoms with Crippen LogP contribution >= 0.6 is 0 Å². The predicted octanol–water partition coefficient (Wildman–Crippen LogP) is 3.21. The molecule has 3 aliphatic rings. The van der Waals surface area contributed by atoms with Crippen LogP contribution in [0.1, 0.15) is 67.5 Å². The molecule has 0 atom stereocenters. The van der Waals surface area contributed by atoms with Crippen molar-refractivity contribution in [3.63, 3.8) is 0 Å². The standard InChI is InChI=1S/C24H32N4O2/c29-23(27-15-13-26(14-16-27)19-7-3-1-4-8-19)18-10-11-20-21(17-18)25-22-9-5-2-6-12-28(22)24(20)30/h10-11,17,19H,1-9,12-16H2. The molecule has 3 heterocycles. The first kappa shape index (κ1) is 19.7. The molecule has 0 unspecified atom stereocenters. The first-order valence-corrected chi connectivity index (χ1v) is 11.8. The van der Waals surface area contributed by atoms with Crippen molar-refractivity contribution in [2.45, 2.75) is 70.4 Å². The van der Waals surface area contributed by atoms with Gasteiger partial charge in [0.15, 0.2) is 0 Å². The second-order valence-electron chi connectivity index (χ2n) is 9.15. The molecule has 1 aromatic carbocycles. The van der Waals surface area contributed by atoms with Crippen molar-refractivity contribution < 1.29 is 4.79 Å². The van der Waals surface area contributed by atoms with Crippen molar-refractivity contribution in [1.29, 1.82) is 0 Å². The topological polar surface area (TPSA) is 58.4 Å². The Morgan fingerprint density at radius 2 is 1.67 bits per heavy atom. The summed E-state index contributed by atoms with van der Waals surface area (Å²) < 4.78 is 1.83. The number of hydrogen-bond acceptors (Lipinski definition) is 4. The van der Waals surface area contributed by atoms with Gasteiger partial charge in [-0.1, -0.05) is 25.7 Å². The summed E-state index contributed by atoms with van der Waals surface area (Å²) in [5, 5.41) is 0.624. The van der Waals surface area contributed by atoms with Crippen LogP contribution < -0.4 is 5.56 Å². The van der Waals surface area contributed by atoms with Crippen molar-refractivity contribution in [2.75, 3.05) is 26.2 Å². The zero-order valence-corrected chi connectivity index (χ0v) is 17.8. The molecule has 30 heavy (non-hydrogen) atoms. The lowest BCUT2D eigenvalue weighted by molar-refractivity contribution is 0.0523. The zero-order chi connectivity index (χ0) is 20.5. The Hall–Kier alpha value is -2.21. The average Bonchev–Trinajstić information content (AvgIpc) is 3.05. The molecular formula is C24H32N4O2. The van der Waals surface area contributed by atoms with Gasteiger partial charge in [-0.3, -0.25) is 19.1 Å². The number of carbonyl (C=O) groups excluding carboxylic acids is 1. The SMILES string of the molecule is O=C(c1ccc2c(=O)n3c(nc2c1)CCCCC3)N1CCN(C2CCCCC2)CC1. The Morgan fingerprint density at radius 3 is 2.47 bits per heavy atom. The van der Waals surface area contributed by atoms with E-state index < -0.39 is 0 Å². The number of aryl methyl sites for hydroxylation is 1. The fourth-order valence-corrected chi connectivity index (χ4v) is 5.47. The van der Waals surface area contributed by atoms with Gasteiger partial charge in [0, 0.05) is 50.7 Å². The van der Waals surface area contributed by atoms with Gasteiger partial charge in [0.1, 0.15) is 5.82 Å². The van der Waals surface area contributed by atoms with Crippen molar-refractivity contribution >= 4 is 16.8 Å². The van der Waals surface area contributed by atoms with Crippen molar-refractivity contribution in [3.8, 4) is 0 Å². The van der Waals surface area contributed by atoms with E-state index in [4.69, 9.17) is 4.98 Å². The van der Waals surface area contributed by atoms with Gasteiger partial charge in [0.2, 0.25) is 0 Å². The highest BCUT2D eigenvalue weighted by atomic mass is 16.2. The summed E-state index contributed by atoms with van der Waals surface area (Å²) in [7, 11) is 0. The first-order valence-electron chi connectivity index (χ1n) is 11.8. The molecule has 1 saturated carbocycles. The third-order valence-corrected chi connectivity index (χ3v) is 7.26. The molecular weight excluding hydrogens is 376 g/mol. The molecule has 1 aromatic heterocycles. The molecule has 6 nitrogen and oxygen atoms in total. The average molecular weight is 409 g/mol. The number of carbonyl (C=O) groups is 1. The maximum Gasteiger partial charge on any atom is 0.261 e. The molecule has 1 saturated heterocycles. The van der Waals surface area contributed by atoms with E-state index in [1.165, 1.54) is 32.1 Å². The summed E-state index contributed by atoms with van der Waals surface area (Å²) in [6.45, 7) is 4.26. The maximum absolute atomic E-state index is 13.2. The lowest BCUT2D eigenvalue weighted by Gasteiger charge is -2.40. The zero-order valence-electron chi connectivity index (χ0n) is 17.8. The molecule has 2 fully saturated rings. The van der Waals surface area contributed by atoms with E-state index in [0.717, 1.165) is 64.2 Å². The van der Waals surface area contributed by atoms with Crippen LogP contribution in [-0.2, 0) is 13.0 Å². The van der Waals surface area contributed by atoms with Crippen LogP contribution in [0.25, 0.3) is 10.9 Å². The van der Waals surface area contributed by atoms with Gasteiger partial charge in [-0.15, -0.1) is 0 Å². The molecule has 6 heteroatoms. The Balaban J connectivity index is 1.33. The largest absolute Gasteiger partial charge is 0.336 e. The summed E-state index contributed by atoms with van der Waals surface area (Å²) >= 11 is 0. The van der Waals surface area contributed by atoms with E-state index in [1.54, 1.807) is 6.07 Å².